The first-order chi connectivity index (χ1) is 14.2. The predicted octanol–water partition coefficient (Wildman–Crippen LogP) is 2.16. The Kier molecular flexibility index (Phi) is 6.29. The van der Waals surface area contributed by atoms with Crippen LogP contribution < -0.4 is 0 Å². The van der Waals surface area contributed by atoms with Crippen molar-refractivity contribution in [3.63, 3.8) is 0 Å². The van der Waals surface area contributed by atoms with Crippen molar-refractivity contribution in [2.75, 3.05) is 39.5 Å². The monoisotopic (exact) mass is 395 g/mol. The molecule has 154 valence electrons. The summed E-state index contributed by atoms with van der Waals surface area (Å²) < 4.78 is 5.33. The number of aliphatic hydroxyl groups is 1. The number of carbonyl (C=O) groups is 1. The number of hydrogen-bond acceptors (Lipinski definition) is 5. The number of likely N-dealkylation sites (tertiary alicyclic amines) is 1. The van der Waals surface area contributed by atoms with Crippen LogP contribution >= 0.6 is 0 Å². The minimum absolute atomic E-state index is 0.0854. The van der Waals surface area contributed by atoms with Gasteiger partial charge in [-0.1, -0.05) is 30.3 Å². The molecular weight excluding hydrogens is 366 g/mol. The van der Waals surface area contributed by atoms with Gasteiger partial charge in [0.1, 0.15) is 6.04 Å². The van der Waals surface area contributed by atoms with Crippen LogP contribution in [0, 0.1) is 11.3 Å². The van der Waals surface area contributed by atoms with Gasteiger partial charge in [-0.25, -0.2) is 0 Å². The Labute approximate surface area is 172 Å². The fourth-order valence-corrected chi connectivity index (χ4v) is 4.80. The van der Waals surface area contributed by atoms with Gasteiger partial charge in [0.05, 0.1) is 38.5 Å². The van der Waals surface area contributed by atoms with Crippen molar-refractivity contribution in [1.82, 2.24) is 9.80 Å². The smallest absolute Gasteiger partial charge is 0.238 e. The van der Waals surface area contributed by atoms with Crippen LogP contribution in [-0.4, -0.2) is 72.4 Å². The summed E-state index contributed by atoms with van der Waals surface area (Å²) in [4.78, 5) is 16.5. The van der Waals surface area contributed by atoms with Gasteiger partial charge in [0.25, 0.3) is 0 Å². The number of aliphatic hydroxyl groups excluding tert-OH is 1. The molecule has 0 unspecified atom stereocenters. The zero-order valence-electron chi connectivity index (χ0n) is 16.8. The summed E-state index contributed by atoms with van der Waals surface area (Å²) in [5, 5.41) is 19.7. The zero-order valence-corrected chi connectivity index (χ0v) is 16.8. The lowest BCUT2D eigenvalue weighted by atomic mass is 9.75. The van der Waals surface area contributed by atoms with Gasteiger partial charge in [-0.3, -0.25) is 9.69 Å². The third-order valence-electron chi connectivity index (χ3n) is 6.44. The molecule has 2 saturated heterocycles. The average Bonchev–Trinajstić information content (AvgIpc) is 2.75. The number of benzene rings is 1. The van der Waals surface area contributed by atoms with Gasteiger partial charge in [-0.05, 0) is 42.4 Å². The first-order valence-corrected chi connectivity index (χ1v) is 10.6. The fourth-order valence-electron chi connectivity index (χ4n) is 4.80. The Morgan fingerprint density at radius 2 is 1.97 bits per heavy atom. The predicted molar refractivity (Wildman–Crippen MR) is 110 cm³/mol. The molecule has 0 radical (unpaired) electrons. The summed E-state index contributed by atoms with van der Waals surface area (Å²) in [5.74, 6) is -0.231. The van der Waals surface area contributed by atoms with E-state index in [1.54, 1.807) is 4.90 Å². The minimum Gasteiger partial charge on any atom is -0.394 e. The molecular formula is C23H29N3O3. The third kappa shape index (κ3) is 4.09. The van der Waals surface area contributed by atoms with Crippen molar-refractivity contribution in [3.05, 3.63) is 41.5 Å². The van der Waals surface area contributed by atoms with Crippen molar-refractivity contribution in [1.29, 1.82) is 5.26 Å². The largest absolute Gasteiger partial charge is 0.394 e. The number of rotatable bonds is 5. The van der Waals surface area contributed by atoms with E-state index in [2.05, 4.69) is 41.3 Å². The number of hydrogen-bond donors (Lipinski definition) is 1. The maximum Gasteiger partial charge on any atom is 0.238 e. The quantitative estimate of drug-likeness (QED) is 0.827. The average molecular weight is 396 g/mol. The molecule has 0 aromatic heterocycles. The van der Waals surface area contributed by atoms with Crippen molar-refractivity contribution < 1.29 is 14.6 Å². The molecule has 1 N–H and O–H groups in total. The summed E-state index contributed by atoms with van der Waals surface area (Å²) in [5.41, 5.74) is 3.66. The molecule has 2 aliphatic heterocycles. The van der Waals surface area contributed by atoms with E-state index in [1.807, 2.05) is 0 Å². The van der Waals surface area contributed by atoms with Crippen LogP contribution in [0.5, 0.6) is 0 Å². The van der Waals surface area contributed by atoms with Crippen LogP contribution in [0.3, 0.4) is 0 Å². The molecule has 3 atom stereocenters. The van der Waals surface area contributed by atoms with Gasteiger partial charge >= 0.3 is 0 Å². The topological polar surface area (TPSA) is 76.8 Å². The van der Waals surface area contributed by atoms with Crippen molar-refractivity contribution in [3.8, 4) is 6.07 Å². The van der Waals surface area contributed by atoms with Crippen LogP contribution in [0.2, 0.25) is 0 Å². The summed E-state index contributed by atoms with van der Waals surface area (Å²) in [6, 6.07) is 9.79. The first kappa shape index (κ1) is 20.1. The maximum absolute atomic E-state index is 12.8. The summed E-state index contributed by atoms with van der Waals surface area (Å²) in [6.45, 7) is 2.85. The molecule has 4 rings (SSSR count). The van der Waals surface area contributed by atoms with E-state index in [4.69, 9.17) is 4.74 Å². The van der Waals surface area contributed by atoms with Crippen molar-refractivity contribution in [2.24, 2.45) is 0 Å². The van der Waals surface area contributed by atoms with E-state index in [0.29, 0.717) is 13.2 Å². The molecule has 6 heteroatoms. The van der Waals surface area contributed by atoms with E-state index < -0.39 is 6.04 Å². The summed E-state index contributed by atoms with van der Waals surface area (Å²) in [6.07, 6.45) is 7.08. The molecule has 1 aromatic carbocycles. The fraction of sp³-hybridized carbons (Fsp3) is 0.565. The normalized spacial score (nSPS) is 27.7. The molecule has 3 aliphatic rings. The van der Waals surface area contributed by atoms with E-state index in [1.165, 1.54) is 24.0 Å². The Morgan fingerprint density at radius 3 is 2.59 bits per heavy atom. The van der Waals surface area contributed by atoms with E-state index in [0.717, 1.165) is 31.5 Å². The Bertz CT molecular complexity index is 793. The maximum atomic E-state index is 12.8. The second kappa shape index (κ2) is 9.08. The second-order valence-corrected chi connectivity index (χ2v) is 8.14. The molecule has 2 fully saturated rings. The first-order valence-electron chi connectivity index (χ1n) is 10.6. The van der Waals surface area contributed by atoms with Crippen LogP contribution in [0.1, 0.15) is 42.7 Å². The molecule has 6 nitrogen and oxygen atoms in total. The van der Waals surface area contributed by atoms with Crippen LogP contribution in [0.25, 0.3) is 5.57 Å². The van der Waals surface area contributed by atoms with Gasteiger partial charge in [-0.15, -0.1) is 0 Å². The highest BCUT2D eigenvalue weighted by molar-refractivity contribution is 5.81. The summed E-state index contributed by atoms with van der Waals surface area (Å²) >= 11 is 0. The highest BCUT2D eigenvalue weighted by Crippen LogP contribution is 2.41. The lowest BCUT2D eigenvalue weighted by molar-refractivity contribution is -0.149. The third-order valence-corrected chi connectivity index (χ3v) is 6.44. The molecule has 29 heavy (non-hydrogen) atoms. The lowest BCUT2D eigenvalue weighted by Gasteiger charge is -2.52. The Balaban J connectivity index is 1.47. The van der Waals surface area contributed by atoms with Gasteiger partial charge in [0.15, 0.2) is 0 Å². The van der Waals surface area contributed by atoms with Gasteiger partial charge in [-0.2, -0.15) is 5.26 Å². The summed E-state index contributed by atoms with van der Waals surface area (Å²) in [7, 11) is 0. The second-order valence-electron chi connectivity index (χ2n) is 8.14. The van der Waals surface area contributed by atoms with Crippen molar-refractivity contribution >= 4 is 11.5 Å². The number of morpholine rings is 1. The Hall–Kier alpha value is -2.20. The van der Waals surface area contributed by atoms with Gasteiger partial charge in [0, 0.05) is 19.0 Å². The highest BCUT2D eigenvalue weighted by Gasteiger charge is 2.51. The van der Waals surface area contributed by atoms with Crippen molar-refractivity contribution in [2.45, 2.75) is 43.7 Å². The molecule has 1 amide bonds. The van der Waals surface area contributed by atoms with E-state index in [-0.39, 0.29) is 31.0 Å². The Morgan fingerprint density at radius 1 is 1.21 bits per heavy atom. The molecule has 1 aromatic rings. The van der Waals surface area contributed by atoms with Crippen LogP contribution in [0.15, 0.2) is 30.3 Å². The number of carbonyl (C=O) groups excluding carboxylic acids is 1. The van der Waals surface area contributed by atoms with Gasteiger partial charge < -0.3 is 14.7 Å². The standard InChI is InChI=1S/C23H29N3O3/c24-14-20-23(19-8-6-18(7-9-19)17-4-2-1-3-5-17)21(16-27)26(20)22(28)15-25-10-12-29-13-11-25/h4,6-9,20-21,23,27H,1-3,5,10-13,15-16H2/t20-,21+,23+/m0/s1. The lowest BCUT2D eigenvalue weighted by Crippen LogP contribution is -2.66. The minimum atomic E-state index is -0.527. The number of nitriles is 1. The zero-order chi connectivity index (χ0) is 20.2. The number of nitrogens with zero attached hydrogens (tertiary/aromatic N) is 3. The molecule has 0 bridgehead atoms. The number of allylic oxidation sites excluding steroid dienone is 2. The molecule has 0 saturated carbocycles. The molecule has 1 aliphatic carbocycles. The van der Waals surface area contributed by atoms with Crippen LogP contribution in [-0.2, 0) is 9.53 Å². The molecule has 2 heterocycles. The number of amides is 1. The number of ether oxygens (including phenoxy) is 1. The van der Waals surface area contributed by atoms with E-state index >= 15 is 0 Å². The van der Waals surface area contributed by atoms with Gasteiger partial charge in [0.2, 0.25) is 5.91 Å². The van der Waals surface area contributed by atoms with Crippen LogP contribution in [0.4, 0.5) is 0 Å². The highest BCUT2D eigenvalue weighted by atomic mass is 16.5. The van der Waals surface area contributed by atoms with E-state index in [9.17, 15) is 15.2 Å². The SMILES string of the molecule is N#C[C@H]1[C@@H](c2ccc(C3=CCCCC3)cc2)[C@@H](CO)N1C(=O)CN1CCOCC1. The molecule has 0 spiro atoms.